The zero-order valence-electron chi connectivity index (χ0n) is 12.0. The first-order valence-corrected chi connectivity index (χ1v) is 7.00. The van der Waals surface area contributed by atoms with E-state index < -0.39 is 0 Å². The molecule has 0 saturated heterocycles. The van der Waals surface area contributed by atoms with Crippen LogP contribution < -0.4 is 10.1 Å². The van der Waals surface area contributed by atoms with E-state index in [2.05, 4.69) is 38.3 Å². The Labute approximate surface area is 111 Å². The van der Waals surface area contributed by atoms with Gasteiger partial charge in [0.05, 0.1) is 7.11 Å². The van der Waals surface area contributed by atoms with Gasteiger partial charge in [0.15, 0.2) is 0 Å². The van der Waals surface area contributed by atoms with Gasteiger partial charge in [-0.2, -0.15) is 0 Å². The SMILES string of the molecule is CNC(c1ccc(C)c(C)c1OC)C1CCCC1. The highest BCUT2D eigenvalue weighted by Crippen LogP contribution is 2.40. The second kappa shape index (κ2) is 5.75. The Morgan fingerprint density at radius 1 is 1.22 bits per heavy atom. The van der Waals surface area contributed by atoms with Crippen molar-refractivity contribution in [2.24, 2.45) is 5.92 Å². The van der Waals surface area contributed by atoms with Gasteiger partial charge in [0, 0.05) is 11.6 Å². The van der Waals surface area contributed by atoms with Crippen LogP contribution in [0.3, 0.4) is 0 Å². The maximum absolute atomic E-state index is 5.66. The summed E-state index contributed by atoms with van der Waals surface area (Å²) in [5, 5.41) is 3.50. The molecule has 1 atom stereocenters. The van der Waals surface area contributed by atoms with Crippen LogP contribution in [0.25, 0.3) is 0 Å². The molecule has 18 heavy (non-hydrogen) atoms. The Kier molecular flexibility index (Phi) is 4.28. The summed E-state index contributed by atoms with van der Waals surface area (Å²) in [6.07, 6.45) is 5.41. The van der Waals surface area contributed by atoms with Gasteiger partial charge in [-0.1, -0.05) is 25.0 Å². The zero-order chi connectivity index (χ0) is 13.1. The maximum Gasteiger partial charge on any atom is 0.126 e. The van der Waals surface area contributed by atoms with Gasteiger partial charge in [-0.3, -0.25) is 0 Å². The molecule has 2 nitrogen and oxygen atoms in total. The van der Waals surface area contributed by atoms with Crippen LogP contribution in [0.2, 0.25) is 0 Å². The quantitative estimate of drug-likeness (QED) is 0.874. The van der Waals surface area contributed by atoms with E-state index in [1.165, 1.54) is 42.4 Å². The van der Waals surface area contributed by atoms with E-state index in [4.69, 9.17) is 4.74 Å². The molecule has 0 spiro atoms. The summed E-state index contributed by atoms with van der Waals surface area (Å²) in [7, 11) is 3.85. The van der Waals surface area contributed by atoms with E-state index in [1.54, 1.807) is 7.11 Å². The number of ether oxygens (including phenoxy) is 1. The summed E-state index contributed by atoms with van der Waals surface area (Å²) in [6.45, 7) is 4.30. The molecule has 0 bridgehead atoms. The Hall–Kier alpha value is -1.02. The molecule has 0 heterocycles. The fourth-order valence-electron chi connectivity index (χ4n) is 3.26. The van der Waals surface area contributed by atoms with Gasteiger partial charge in [0.2, 0.25) is 0 Å². The molecule has 0 aliphatic heterocycles. The number of hydrogen-bond donors (Lipinski definition) is 1. The molecule has 0 radical (unpaired) electrons. The molecule has 0 amide bonds. The number of hydrogen-bond acceptors (Lipinski definition) is 2. The number of aryl methyl sites for hydroxylation is 1. The molecule has 1 saturated carbocycles. The minimum absolute atomic E-state index is 0.432. The van der Waals surface area contributed by atoms with Gasteiger partial charge in [-0.15, -0.1) is 0 Å². The van der Waals surface area contributed by atoms with Gasteiger partial charge in [-0.25, -0.2) is 0 Å². The van der Waals surface area contributed by atoms with Crippen molar-refractivity contribution in [1.82, 2.24) is 5.32 Å². The van der Waals surface area contributed by atoms with Gasteiger partial charge >= 0.3 is 0 Å². The number of nitrogens with one attached hydrogen (secondary N) is 1. The second-order valence-electron chi connectivity index (χ2n) is 5.44. The largest absolute Gasteiger partial charge is 0.496 e. The smallest absolute Gasteiger partial charge is 0.126 e. The average Bonchev–Trinajstić information content (AvgIpc) is 2.89. The van der Waals surface area contributed by atoms with Crippen molar-refractivity contribution < 1.29 is 4.74 Å². The average molecular weight is 247 g/mol. The molecule has 2 rings (SSSR count). The number of methoxy groups -OCH3 is 1. The Morgan fingerprint density at radius 3 is 2.44 bits per heavy atom. The molecule has 1 unspecified atom stereocenters. The normalized spacial score (nSPS) is 18.0. The number of benzene rings is 1. The van der Waals surface area contributed by atoms with Crippen LogP contribution >= 0.6 is 0 Å². The summed E-state index contributed by atoms with van der Waals surface area (Å²) >= 11 is 0. The molecular formula is C16H25NO. The van der Waals surface area contributed by atoms with Crippen molar-refractivity contribution in [2.75, 3.05) is 14.2 Å². The summed E-state index contributed by atoms with van der Waals surface area (Å²) in [5.41, 5.74) is 3.90. The maximum atomic E-state index is 5.66. The standard InChI is InChI=1S/C16H25NO/c1-11-9-10-14(16(18-4)12(11)2)15(17-3)13-7-5-6-8-13/h9-10,13,15,17H,5-8H2,1-4H3. The van der Waals surface area contributed by atoms with Gasteiger partial charge in [0.25, 0.3) is 0 Å². The summed E-state index contributed by atoms with van der Waals surface area (Å²) in [6, 6.07) is 4.88. The van der Waals surface area contributed by atoms with E-state index in [9.17, 15) is 0 Å². The van der Waals surface area contributed by atoms with Gasteiger partial charge in [0.1, 0.15) is 5.75 Å². The second-order valence-corrected chi connectivity index (χ2v) is 5.44. The van der Waals surface area contributed by atoms with Crippen LogP contribution in [0.5, 0.6) is 5.75 Å². The minimum Gasteiger partial charge on any atom is -0.496 e. The van der Waals surface area contributed by atoms with E-state index in [1.807, 2.05) is 0 Å². The van der Waals surface area contributed by atoms with Gasteiger partial charge < -0.3 is 10.1 Å². The third kappa shape index (κ3) is 2.39. The number of rotatable bonds is 4. The molecule has 1 aromatic rings. The van der Waals surface area contributed by atoms with Crippen molar-refractivity contribution >= 4 is 0 Å². The Balaban J connectivity index is 2.38. The molecular weight excluding hydrogens is 222 g/mol. The molecule has 1 aliphatic carbocycles. The molecule has 1 aromatic carbocycles. The van der Waals surface area contributed by atoms with Crippen molar-refractivity contribution in [3.05, 3.63) is 28.8 Å². The van der Waals surface area contributed by atoms with E-state index in [0.29, 0.717) is 6.04 Å². The molecule has 100 valence electrons. The van der Waals surface area contributed by atoms with Crippen LogP contribution in [-0.2, 0) is 0 Å². The lowest BCUT2D eigenvalue weighted by atomic mass is 9.89. The van der Waals surface area contributed by atoms with Crippen LogP contribution in [0.1, 0.15) is 48.4 Å². The summed E-state index contributed by atoms with van der Waals surface area (Å²) in [5.74, 6) is 1.83. The predicted molar refractivity (Wildman–Crippen MR) is 76.2 cm³/mol. The topological polar surface area (TPSA) is 21.3 Å². The van der Waals surface area contributed by atoms with Crippen molar-refractivity contribution in [2.45, 2.75) is 45.6 Å². The summed E-state index contributed by atoms with van der Waals surface area (Å²) in [4.78, 5) is 0. The third-order valence-electron chi connectivity index (χ3n) is 4.43. The van der Waals surface area contributed by atoms with E-state index in [0.717, 1.165) is 11.7 Å². The highest BCUT2D eigenvalue weighted by atomic mass is 16.5. The molecule has 1 N–H and O–H groups in total. The lowest BCUT2D eigenvalue weighted by Crippen LogP contribution is -2.24. The lowest BCUT2D eigenvalue weighted by Gasteiger charge is -2.26. The Morgan fingerprint density at radius 2 is 1.89 bits per heavy atom. The first-order valence-electron chi connectivity index (χ1n) is 7.00. The van der Waals surface area contributed by atoms with Gasteiger partial charge in [-0.05, 0) is 50.8 Å². The van der Waals surface area contributed by atoms with Crippen LogP contribution in [-0.4, -0.2) is 14.2 Å². The van der Waals surface area contributed by atoms with Crippen molar-refractivity contribution in [3.8, 4) is 5.75 Å². The van der Waals surface area contributed by atoms with Crippen LogP contribution in [0.15, 0.2) is 12.1 Å². The monoisotopic (exact) mass is 247 g/mol. The highest BCUT2D eigenvalue weighted by molar-refractivity contribution is 5.47. The fourth-order valence-corrected chi connectivity index (χ4v) is 3.26. The molecule has 1 fully saturated rings. The highest BCUT2D eigenvalue weighted by Gasteiger charge is 2.27. The van der Waals surface area contributed by atoms with Crippen LogP contribution in [0, 0.1) is 19.8 Å². The predicted octanol–water partition coefficient (Wildman–Crippen LogP) is 3.76. The van der Waals surface area contributed by atoms with E-state index >= 15 is 0 Å². The van der Waals surface area contributed by atoms with Crippen molar-refractivity contribution in [1.29, 1.82) is 0 Å². The minimum atomic E-state index is 0.432. The van der Waals surface area contributed by atoms with Crippen molar-refractivity contribution in [3.63, 3.8) is 0 Å². The summed E-state index contributed by atoms with van der Waals surface area (Å²) < 4.78 is 5.66. The third-order valence-corrected chi connectivity index (χ3v) is 4.43. The first kappa shape index (κ1) is 13.4. The molecule has 1 aliphatic rings. The molecule has 0 aromatic heterocycles. The van der Waals surface area contributed by atoms with E-state index in [-0.39, 0.29) is 0 Å². The molecule has 2 heteroatoms. The van der Waals surface area contributed by atoms with Crippen LogP contribution in [0.4, 0.5) is 0 Å². The Bertz CT molecular complexity index is 408. The fraction of sp³-hybridized carbons (Fsp3) is 0.625. The zero-order valence-corrected chi connectivity index (χ0v) is 12.0. The lowest BCUT2D eigenvalue weighted by molar-refractivity contribution is 0.357. The first-order chi connectivity index (χ1) is 8.69.